The third-order valence-corrected chi connectivity index (χ3v) is 8.36. The van der Waals surface area contributed by atoms with Gasteiger partial charge >= 0.3 is 0 Å². The summed E-state index contributed by atoms with van der Waals surface area (Å²) in [6.45, 7) is 7.48. The molecule has 0 spiro atoms. The van der Waals surface area contributed by atoms with Crippen LogP contribution in [0.25, 0.3) is 0 Å². The van der Waals surface area contributed by atoms with Crippen molar-refractivity contribution in [3.05, 3.63) is 48.6 Å². The van der Waals surface area contributed by atoms with Crippen LogP contribution in [0.3, 0.4) is 0 Å². The van der Waals surface area contributed by atoms with Crippen molar-refractivity contribution in [3.63, 3.8) is 0 Å². The van der Waals surface area contributed by atoms with Gasteiger partial charge in [0.05, 0.1) is 5.71 Å². The summed E-state index contributed by atoms with van der Waals surface area (Å²) >= 11 is 0. The normalized spacial score (nSPS) is 12.9. The minimum atomic E-state index is 0.277. The summed E-state index contributed by atoms with van der Waals surface area (Å²) < 4.78 is 0. The third kappa shape index (κ3) is 36.7. The van der Waals surface area contributed by atoms with Crippen molar-refractivity contribution in [3.8, 4) is 0 Å². The standard InChI is InChI=1S/C42H78N2O/c1-6-8-10-12-14-16-18-20-22-24-26-28-30-32-34-36-38-42(45-43-41(3)40-44(4)5)39-37-35-33-31-29-27-25-23-21-19-17-15-13-11-9-7-2/h14-17,20-23,42H,6-13,18-19,24-40H2,1-5H3/b16-14-,17-15-,22-20-,23-21-,43-41?. The van der Waals surface area contributed by atoms with E-state index in [9.17, 15) is 0 Å². The highest BCUT2D eigenvalue weighted by Crippen LogP contribution is 2.18. The van der Waals surface area contributed by atoms with Crippen LogP contribution in [0.4, 0.5) is 0 Å². The lowest BCUT2D eigenvalue weighted by Gasteiger charge is -2.16. The largest absolute Gasteiger partial charge is 0.393 e. The van der Waals surface area contributed by atoms with Crippen molar-refractivity contribution in [2.45, 2.75) is 194 Å². The van der Waals surface area contributed by atoms with E-state index in [-0.39, 0.29) is 6.10 Å². The monoisotopic (exact) mass is 627 g/mol. The summed E-state index contributed by atoms with van der Waals surface area (Å²) in [4.78, 5) is 8.24. The number of allylic oxidation sites excluding steroid dienone is 8. The number of oxime groups is 1. The van der Waals surface area contributed by atoms with Gasteiger partial charge in [-0.05, 0) is 111 Å². The van der Waals surface area contributed by atoms with Crippen LogP contribution in [0.15, 0.2) is 53.8 Å². The molecule has 0 radical (unpaired) electrons. The fraction of sp³-hybridized carbons (Fsp3) is 0.786. The Balaban J connectivity index is 3.98. The summed E-state index contributed by atoms with van der Waals surface area (Å²) in [7, 11) is 4.18. The van der Waals surface area contributed by atoms with Gasteiger partial charge in [0.2, 0.25) is 0 Å². The van der Waals surface area contributed by atoms with Gasteiger partial charge in [-0.25, -0.2) is 0 Å². The smallest absolute Gasteiger partial charge is 0.127 e. The first-order chi connectivity index (χ1) is 22.1. The van der Waals surface area contributed by atoms with Crippen LogP contribution < -0.4 is 0 Å². The van der Waals surface area contributed by atoms with Crippen molar-refractivity contribution in [1.82, 2.24) is 4.90 Å². The van der Waals surface area contributed by atoms with Crippen LogP contribution in [0.2, 0.25) is 0 Å². The van der Waals surface area contributed by atoms with Gasteiger partial charge in [-0.2, -0.15) is 0 Å². The van der Waals surface area contributed by atoms with E-state index in [0.717, 1.165) is 37.9 Å². The van der Waals surface area contributed by atoms with Crippen LogP contribution in [-0.4, -0.2) is 37.4 Å². The Bertz CT molecular complexity index is 685. The molecule has 0 saturated carbocycles. The molecule has 0 N–H and O–H groups in total. The molecule has 3 heteroatoms. The Morgan fingerprint density at radius 1 is 0.511 bits per heavy atom. The van der Waals surface area contributed by atoms with E-state index in [2.05, 4.69) is 93.5 Å². The lowest BCUT2D eigenvalue weighted by atomic mass is 10.0. The maximum Gasteiger partial charge on any atom is 0.127 e. The molecule has 262 valence electrons. The molecular formula is C42H78N2O. The summed E-state index contributed by atoms with van der Waals surface area (Å²) in [6, 6.07) is 0. The zero-order valence-corrected chi connectivity index (χ0v) is 31.1. The molecular weight excluding hydrogens is 548 g/mol. The van der Waals surface area contributed by atoms with Crippen LogP contribution in [-0.2, 0) is 4.84 Å². The SMILES string of the molecule is CCCCC/C=C\C/C=C\CCCCCCCCC(CCCCCCCC/C=C\C/C=C\CCCCC)ON=C(C)CN(C)C. The second-order valence-corrected chi connectivity index (χ2v) is 13.5. The molecule has 0 aromatic heterocycles. The highest BCUT2D eigenvalue weighted by Gasteiger charge is 2.10. The Labute approximate surface area is 283 Å². The number of rotatable bonds is 34. The van der Waals surface area contributed by atoms with Crippen molar-refractivity contribution < 1.29 is 4.84 Å². The van der Waals surface area contributed by atoms with Gasteiger partial charge in [0.25, 0.3) is 0 Å². The van der Waals surface area contributed by atoms with Crippen LogP contribution >= 0.6 is 0 Å². The lowest BCUT2D eigenvalue weighted by Crippen LogP contribution is -2.20. The van der Waals surface area contributed by atoms with E-state index >= 15 is 0 Å². The lowest BCUT2D eigenvalue weighted by molar-refractivity contribution is 0.0423. The van der Waals surface area contributed by atoms with E-state index in [1.165, 1.54) is 141 Å². The van der Waals surface area contributed by atoms with Gasteiger partial charge in [0.1, 0.15) is 6.10 Å². The number of hydrogen-bond donors (Lipinski definition) is 0. The van der Waals surface area contributed by atoms with Crippen molar-refractivity contribution >= 4 is 5.71 Å². The molecule has 0 aromatic carbocycles. The topological polar surface area (TPSA) is 24.8 Å². The van der Waals surface area contributed by atoms with Crippen LogP contribution in [0.1, 0.15) is 188 Å². The second-order valence-electron chi connectivity index (χ2n) is 13.5. The first-order valence-electron chi connectivity index (χ1n) is 19.5. The Hall–Kier alpha value is -1.61. The number of unbranched alkanes of at least 4 members (excludes halogenated alkanes) is 18. The molecule has 0 unspecified atom stereocenters. The molecule has 0 aliphatic heterocycles. The number of nitrogens with zero attached hydrogens (tertiary/aromatic N) is 2. The highest BCUT2D eigenvalue weighted by atomic mass is 16.6. The Kier molecular flexibility index (Phi) is 35.5. The van der Waals surface area contributed by atoms with Crippen LogP contribution in [0, 0.1) is 0 Å². The van der Waals surface area contributed by atoms with Crippen molar-refractivity contribution in [2.75, 3.05) is 20.6 Å². The molecule has 0 fully saturated rings. The van der Waals surface area contributed by atoms with E-state index in [1.807, 2.05) is 0 Å². The average molecular weight is 627 g/mol. The van der Waals surface area contributed by atoms with Gasteiger partial charge in [-0.15, -0.1) is 0 Å². The molecule has 0 rings (SSSR count). The zero-order valence-electron chi connectivity index (χ0n) is 31.1. The fourth-order valence-electron chi connectivity index (χ4n) is 5.62. The molecule has 0 bridgehead atoms. The first kappa shape index (κ1) is 43.4. The van der Waals surface area contributed by atoms with Crippen molar-refractivity contribution in [2.24, 2.45) is 5.16 Å². The maximum atomic E-state index is 6.09. The van der Waals surface area contributed by atoms with Gasteiger partial charge in [0, 0.05) is 6.54 Å². The predicted molar refractivity (Wildman–Crippen MR) is 204 cm³/mol. The van der Waals surface area contributed by atoms with E-state index in [1.54, 1.807) is 0 Å². The molecule has 0 aliphatic carbocycles. The summed E-state index contributed by atoms with van der Waals surface area (Å²) in [5, 5.41) is 4.50. The van der Waals surface area contributed by atoms with Gasteiger partial charge in [-0.3, -0.25) is 0 Å². The van der Waals surface area contributed by atoms with Crippen molar-refractivity contribution in [1.29, 1.82) is 0 Å². The van der Waals surface area contributed by atoms with Crippen LogP contribution in [0.5, 0.6) is 0 Å². The minimum absolute atomic E-state index is 0.277. The Morgan fingerprint density at radius 3 is 1.24 bits per heavy atom. The average Bonchev–Trinajstić information content (AvgIpc) is 3.02. The fourth-order valence-corrected chi connectivity index (χ4v) is 5.62. The Morgan fingerprint density at radius 2 is 0.867 bits per heavy atom. The highest BCUT2D eigenvalue weighted by molar-refractivity contribution is 5.83. The zero-order chi connectivity index (χ0) is 32.9. The van der Waals surface area contributed by atoms with Gasteiger partial charge in [-0.1, -0.05) is 145 Å². The third-order valence-electron chi connectivity index (χ3n) is 8.36. The maximum absolute atomic E-state index is 6.09. The minimum Gasteiger partial charge on any atom is -0.393 e. The van der Waals surface area contributed by atoms with Gasteiger partial charge in [0.15, 0.2) is 0 Å². The molecule has 0 saturated heterocycles. The molecule has 0 aliphatic rings. The summed E-state index contributed by atoms with van der Waals surface area (Å²) in [5.41, 5.74) is 1.07. The van der Waals surface area contributed by atoms with E-state index < -0.39 is 0 Å². The molecule has 0 atom stereocenters. The van der Waals surface area contributed by atoms with E-state index in [4.69, 9.17) is 4.84 Å². The van der Waals surface area contributed by atoms with E-state index in [0.29, 0.717) is 0 Å². The molecule has 0 heterocycles. The summed E-state index contributed by atoms with van der Waals surface area (Å²) in [6.07, 6.45) is 52.5. The molecule has 0 aromatic rings. The second kappa shape index (κ2) is 36.9. The molecule has 45 heavy (non-hydrogen) atoms. The quantitative estimate of drug-likeness (QED) is 0.0307. The first-order valence-corrected chi connectivity index (χ1v) is 19.5. The molecule has 0 amide bonds. The summed E-state index contributed by atoms with van der Waals surface area (Å²) in [5.74, 6) is 0. The number of hydrogen-bond acceptors (Lipinski definition) is 3. The van der Waals surface area contributed by atoms with Gasteiger partial charge < -0.3 is 9.74 Å². The molecule has 3 nitrogen and oxygen atoms in total. The predicted octanol–water partition coefficient (Wildman–Crippen LogP) is 13.7.